The van der Waals surface area contributed by atoms with E-state index < -0.39 is 0 Å². The zero-order valence-corrected chi connectivity index (χ0v) is 16.9. The average molecular weight is 344 g/mol. The number of nitrogens with one attached hydrogen (secondary N) is 1. The van der Waals surface area contributed by atoms with Crippen molar-refractivity contribution < 1.29 is 4.74 Å². The molecule has 0 radical (unpaired) electrons. The van der Waals surface area contributed by atoms with E-state index in [1.807, 2.05) is 7.11 Å². The fourth-order valence-corrected chi connectivity index (χ4v) is 7.26. The number of allylic oxidation sites excluding steroid dienone is 2. The quantitative estimate of drug-likeness (QED) is 0.719. The molecule has 2 saturated carbocycles. The van der Waals surface area contributed by atoms with Crippen LogP contribution in [0.3, 0.4) is 0 Å². The van der Waals surface area contributed by atoms with Crippen molar-refractivity contribution in [3.8, 4) is 0 Å². The summed E-state index contributed by atoms with van der Waals surface area (Å²) >= 11 is 0. The van der Waals surface area contributed by atoms with Crippen molar-refractivity contribution in [3.63, 3.8) is 0 Å². The molecular formula is C23H37NO. The maximum Gasteiger partial charge on any atom is 0.0608 e. The first-order valence-corrected chi connectivity index (χ1v) is 10.5. The first kappa shape index (κ1) is 17.8. The minimum absolute atomic E-state index is 0.426. The molecule has 2 nitrogen and oxygen atoms in total. The Hall–Kier alpha value is -0.600. The Morgan fingerprint density at radius 3 is 2.56 bits per heavy atom. The van der Waals surface area contributed by atoms with Gasteiger partial charge in [0, 0.05) is 13.2 Å². The Bertz CT molecular complexity index is 593. The highest BCUT2D eigenvalue weighted by molar-refractivity contribution is 5.32. The predicted molar refractivity (Wildman–Crippen MR) is 104 cm³/mol. The summed E-state index contributed by atoms with van der Waals surface area (Å²) in [6.07, 6.45) is 14.9. The van der Waals surface area contributed by atoms with Gasteiger partial charge in [0.05, 0.1) is 6.10 Å². The molecule has 1 N–H and O–H groups in total. The standard InChI is InChI=1S/C23H37NO/c1-15(24-4)19-8-9-20-18-7-6-16-14-17(25-5)10-12-22(16,2)21(18)11-13-23(19,20)3/h6,8,15,17-18,20-21,24H,7,9-14H2,1-5H3/t15-,17-,18-,20-,21-,22-,23+/m0/s1. The third-order valence-corrected chi connectivity index (χ3v) is 8.93. The first-order chi connectivity index (χ1) is 11.9. The summed E-state index contributed by atoms with van der Waals surface area (Å²) in [6, 6.07) is 0.522. The first-order valence-electron chi connectivity index (χ1n) is 10.5. The molecule has 4 aliphatic rings. The van der Waals surface area contributed by atoms with Gasteiger partial charge in [-0.05, 0) is 87.5 Å². The van der Waals surface area contributed by atoms with Gasteiger partial charge in [-0.25, -0.2) is 0 Å². The molecule has 2 fully saturated rings. The molecule has 0 bridgehead atoms. The zero-order valence-electron chi connectivity index (χ0n) is 16.9. The predicted octanol–water partition coefficient (Wildman–Crippen LogP) is 5.11. The molecule has 0 amide bonds. The third-order valence-electron chi connectivity index (χ3n) is 8.93. The van der Waals surface area contributed by atoms with Crippen LogP contribution in [0.15, 0.2) is 23.3 Å². The van der Waals surface area contributed by atoms with Crippen molar-refractivity contribution in [1.82, 2.24) is 5.32 Å². The zero-order chi connectivity index (χ0) is 17.8. The SMILES string of the molecule is CN[C@@H](C)C1=CC[C@H]2[C@@H]3CC=C4C[C@@H](OC)CC[C@]4(C)[C@H]3CC[C@]12C. The lowest BCUT2D eigenvalue weighted by Gasteiger charge is -2.58. The highest BCUT2D eigenvalue weighted by Crippen LogP contribution is 2.65. The molecule has 4 rings (SSSR count). The second-order valence-electron chi connectivity index (χ2n) is 9.72. The van der Waals surface area contributed by atoms with E-state index in [0.717, 1.165) is 17.8 Å². The molecule has 4 aliphatic carbocycles. The van der Waals surface area contributed by atoms with Gasteiger partial charge >= 0.3 is 0 Å². The maximum absolute atomic E-state index is 5.70. The van der Waals surface area contributed by atoms with Crippen LogP contribution in [-0.2, 0) is 4.74 Å². The Morgan fingerprint density at radius 1 is 1.08 bits per heavy atom. The topological polar surface area (TPSA) is 21.3 Å². The molecule has 0 heterocycles. The van der Waals surface area contributed by atoms with Crippen LogP contribution in [0.5, 0.6) is 0 Å². The second kappa shape index (κ2) is 6.23. The Balaban J connectivity index is 1.61. The molecule has 0 aromatic heterocycles. The highest BCUT2D eigenvalue weighted by atomic mass is 16.5. The van der Waals surface area contributed by atoms with E-state index in [1.165, 1.54) is 44.9 Å². The van der Waals surface area contributed by atoms with Crippen LogP contribution in [0, 0.1) is 28.6 Å². The van der Waals surface area contributed by atoms with Crippen molar-refractivity contribution in [2.75, 3.05) is 14.2 Å². The molecule has 140 valence electrons. The van der Waals surface area contributed by atoms with E-state index in [4.69, 9.17) is 4.74 Å². The van der Waals surface area contributed by atoms with Crippen molar-refractivity contribution in [2.24, 2.45) is 28.6 Å². The monoisotopic (exact) mass is 343 g/mol. The molecule has 25 heavy (non-hydrogen) atoms. The molecule has 0 aromatic rings. The molecule has 0 aromatic carbocycles. The number of likely N-dealkylation sites (N-methyl/N-ethyl adjacent to an activating group) is 1. The lowest BCUT2D eigenvalue weighted by molar-refractivity contribution is -0.0361. The fourth-order valence-electron chi connectivity index (χ4n) is 7.26. The van der Waals surface area contributed by atoms with E-state index in [0.29, 0.717) is 23.0 Å². The van der Waals surface area contributed by atoms with Crippen LogP contribution >= 0.6 is 0 Å². The summed E-state index contributed by atoms with van der Waals surface area (Å²) in [5.41, 5.74) is 4.29. The summed E-state index contributed by atoms with van der Waals surface area (Å²) in [7, 11) is 4.00. The van der Waals surface area contributed by atoms with Gasteiger partial charge in [0.25, 0.3) is 0 Å². The van der Waals surface area contributed by atoms with E-state index in [2.05, 4.69) is 45.3 Å². The molecule has 0 spiro atoms. The van der Waals surface area contributed by atoms with Gasteiger partial charge in [-0.1, -0.05) is 37.1 Å². The molecule has 0 saturated heterocycles. The number of fused-ring (bicyclic) bond motifs is 5. The molecule has 2 heteroatoms. The Kier molecular flexibility index (Phi) is 4.44. The summed E-state index contributed by atoms with van der Waals surface area (Å²) in [4.78, 5) is 0. The summed E-state index contributed by atoms with van der Waals surface area (Å²) < 4.78 is 5.70. The number of ether oxygens (including phenoxy) is 1. The van der Waals surface area contributed by atoms with E-state index in [1.54, 1.807) is 11.1 Å². The summed E-state index contributed by atoms with van der Waals surface area (Å²) in [6.45, 7) is 7.51. The molecule has 7 atom stereocenters. The van der Waals surface area contributed by atoms with Crippen LogP contribution in [0.4, 0.5) is 0 Å². The van der Waals surface area contributed by atoms with Gasteiger partial charge in [0.2, 0.25) is 0 Å². The number of rotatable bonds is 3. The Labute approximate surface area is 154 Å². The van der Waals surface area contributed by atoms with E-state index >= 15 is 0 Å². The largest absolute Gasteiger partial charge is 0.381 e. The normalized spacial score (nSPS) is 47.2. The molecule has 0 unspecified atom stereocenters. The van der Waals surface area contributed by atoms with Crippen molar-refractivity contribution >= 4 is 0 Å². The number of hydrogen-bond donors (Lipinski definition) is 1. The third kappa shape index (κ3) is 2.51. The van der Waals surface area contributed by atoms with Crippen LogP contribution in [-0.4, -0.2) is 26.3 Å². The van der Waals surface area contributed by atoms with Crippen molar-refractivity contribution in [1.29, 1.82) is 0 Å². The Morgan fingerprint density at radius 2 is 1.84 bits per heavy atom. The number of hydrogen-bond acceptors (Lipinski definition) is 2. The minimum Gasteiger partial charge on any atom is -0.381 e. The van der Waals surface area contributed by atoms with Crippen LogP contribution in [0.1, 0.15) is 65.7 Å². The van der Waals surface area contributed by atoms with Crippen LogP contribution < -0.4 is 5.32 Å². The van der Waals surface area contributed by atoms with E-state index in [9.17, 15) is 0 Å². The van der Waals surface area contributed by atoms with Gasteiger partial charge in [-0.15, -0.1) is 0 Å². The fraction of sp³-hybridized carbons (Fsp3) is 0.826. The van der Waals surface area contributed by atoms with E-state index in [-0.39, 0.29) is 0 Å². The van der Waals surface area contributed by atoms with Gasteiger partial charge in [0.1, 0.15) is 0 Å². The number of methoxy groups -OCH3 is 1. The summed E-state index contributed by atoms with van der Waals surface area (Å²) in [5, 5.41) is 3.51. The molecular weight excluding hydrogens is 306 g/mol. The maximum atomic E-state index is 5.70. The second-order valence-corrected chi connectivity index (χ2v) is 9.72. The minimum atomic E-state index is 0.426. The van der Waals surface area contributed by atoms with Crippen LogP contribution in [0.2, 0.25) is 0 Å². The summed E-state index contributed by atoms with van der Waals surface area (Å²) in [5.74, 6) is 2.62. The van der Waals surface area contributed by atoms with Crippen molar-refractivity contribution in [2.45, 2.75) is 77.9 Å². The average Bonchev–Trinajstić information content (AvgIpc) is 2.97. The van der Waals surface area contributed by atoms with Gasteiger partial charge in [-0.2, -0.15) is 0 Å². The van der Waals surface area contributed by atoms with Gasteiger partial charge in [-0.3, -0.25) is 0 Å². The van der Waals surface area contributed by atoms with Crippen molar-refractivity contribution in [3.05, 3.63) is 23.3 Å². The van der Waals surface area contributed by atoms with Gasteiger partial charge in [0.15, 0.2) is 0 Å². The smallest absolute Gasteiger partial charge is 0.0608 e. The lowest BCUT2D eigenvalue weighted by Crippen LogP contribution is -2.51. The lowest BCUT2D eigenvalue weighted by atomic mass is 9.47. The molecule has 0 aliphatic heterocycles. The van der Waals surface area contributed by atoms with Crippen LogP contribution in [0.25, 0.3) is 0 Å². The highest BCUT2D eigenvalue weighted by Gasteiger charge is 2.57. The van der Waals surface area contributed by atoms with Gasteiger partial charge < -0.3 is 10.1 Å².